The molecule has 0 amide bonds. The average molecular weight is 369 g/mol. The van der Waals surface area contributed by atoms with Crippen molar-refractivity contribution in [3.05, 3.63) is 59.6 Å². The Kier molecular flexibility index (Phi) is 5.58. The maximum absolute atomic E-state index is 6.21. The van der Waals surface area contributed by atoms with E-state index in [4.69, 9.17) is 16.3 Å². The monoisotopic (exact) mass is 368 g/mol. The maximum atomic E-state index is 6.21. The van der Waals surface area contributed by atoms with Gasteiger partial charge in [-0.15, -0.1) is 0 Å². The molecule has 0 saturated heterocycles. The minimum absolute atomic E-state index is 0.261. The topological polar surface area (TPSA) is 59.1 Å². The number of hydrogen-bond donors (Lipinski definition) is 2. The van der Waals surface area contributed by atoms with Gasteiger partial charge in [-0.25, -0.2) is 9.97 Å². The van der Waals surface area contributed by atoms with E-state index in [9.17, 15) is 0 Å². The van der Waals surface area contributed by atoms with E-state index in [1.54, 1.807) is 13.2 Å². The summed E-state index contributed by atoms with van der Waals surface area (Å²) in [6, 6.07) is 17.5. The lowest BCUT2D eigenvalue weighted by Gasteiger charge is -2.14. The quantitative estimate of drug-likeness (QED) is 0.612. The van der Waals surface area contributed by atoms with Crippen LogP contribution in [0, 0.1) is 0 Å². The number of ether oxygens (including phenoxy) is 1. The molecular weight excluding hydrogens is 348 g/mol. The van der Waals surface area contributed by atoms with E-state index in [1.807, 2.05) is 48.5 Å². The van der Waals surface area contributed by atoms with E-state index in [-0.39, 0.29) is 6.04 Å². The standard InChI is InChI=1S/C20H21ClN4O/c1-13(2)22-18-12-19(23-15-9-10-17(26-3)16(21)11-15)25-20(24-18)14-7-5-4-6-8-14/h4-13H,1-3H3,(H2,22,23,24,25). The van der Waals surface area contributed by atoms with Crippen LogP contribution in [-0.4, -0.2) is 23.1 Å². The van der Waals surface area contributed by atoms with Crippen LogP contribution in [0.2, 0.25) is 5.02 Å². The van der Waals surface area contributed by atoms with Gasteiger partial charge in [-0.05, 0) is 32.0 Å². The molecule has 5 nitrogen and oxygen atoms in total. The third-order valence-corrected chi connectivity index (χ3v) is 3.91. The molecule has 134 valence electrons. The van der Waals surface area contributed by atoms with Crippen LogP contribution < -0.4 is 15.4 Å². The van der Waals surface area contributed by atoms with Crippen LogP contribution >= 0.6 is 11.6 Å². The first-order chi connectivity index (χ1) is 12.5. The third-order valence-electron chi connectivity index (χ3n) is 3.62. The SMILES string of the molecule is COc1ccc(Nc2cc(NC(C)C)nc(-c3ccccc3)n2)cc1Cl. The van der Waals surface area contributed by atoms with E-state index < -0.39 is 0 Å². The number of nitrogens with zero attached hydrogens (tertiary/aromatic N) is 2. The fourth-order valence-corrected chi connectivity index (χ4v) is 2.75. The summed E-state index contributed by atoms with van der Waals surface area (Å²) in [4.78, 5) is 9.26. The number of methoxy groups -OCH3 is 1. The van der Waals surface area contributed by atoms with Gasteiger partial charge in [0.15, 0.2) is 5.82 Å². The van der Waals surface area contributed by atoms with Crippen molar-refractivity contribution in [3.8, 4) is 17.1 Å². The molecule has 0 aliphatic rings. The smallest absolute Gasteiger partial charge is 0.163 e. The van der Waals surface area contributed by atoms with Crippen molar-refractivity contribution in [2.24, 2.45) is 0 Å². The highest BCUT2D eigenvalue weighted by atomic mass is 35.5. The number of nitrogens with one attached hydrogen (secondary N) is 2. The van der Waals surface area contributed by atoms with Crippen molar-refractivity contribution in [1.29, 1.82) is 0 Å². The van der Waals surface area contributed by atoms with Gasteiger partial charge in [0.2, 0.25) is 0 Å². The molecule has 2 N–H and O–H groups in total. The van der Waals surface area contributed by atoms with Crippen molar-refractivity contribution in [2.45, 2.75) is 19.9 Å². The molecule has 0 saturated carbocycles. The zero-order valence-electron chi connectivity index (χ0n) is 15.0. The van der Waals surface area contributed by atoms with Crippen LogP contribution in [-0.2, 0) is 0 Å². The van der Waals surface area contributed by atoms with Crippen molar-refractivity contribution in [2.75, 3.05) is 17.7 Å². The Bertz CT molecular complexity index is 884. The molecule has 0 radical (unpaired) electrons. The normalized spacial score (nSPS) is 10.7. The average Bonchev–Trinajstić information content (AvgIpc) is 2.62. The van der Waals surface area contributed by atoms with Crippen LogP contribution in [0.15, 0.2) is 54.6 Å². The van der Waals surface area contributed by atoms with Gasteiger partial charge < -0.3 is 15.4 Å². The highest BCUT2D eigenvalue weighted by molar-refractivity contribution is 6.32. The summed E-state index contributed by atoms with van der Waals surface area (Å²) >= 11 is 6.21. The van der Waals surface area contributed by atoms with E-state index in [0.29, 0.717) is 22.4 Å². The van der Waals surface area contributed by atoms with Crippen molar-refractivity contribution in [3.63, 3.8) is 0 Å². The van der Waals surface area contributed by atoms with Gasteiger partial charge >= 0.3 is 0 Å². The Labute approximate surface area is 158 Å². The predicted molar refractivity (Wildman–Crippen MR) is 108 cm³/mol. The van der Waals surface area contributed by atoms with Crippen LogP contribution in [0.1, 0.15) is 13.8 Å². The third kappa shape index (κ3) is 4.43. The van der Waals surface area contributed by atoms with E-state index in [2.05, 4.69) is 34.4 Å². The summed E-state index contributed by atoms with van der Waals surface area (Å²) in [5, 5.41) is 7.16. The first-order valence-electron chi connectivity index (χ1n) is 8.37. The van der Waals surface area contributed by atoms with Gasteiger partial charge in [0.25, 0.3) is 0 Å². The van der Waals surface area contributed by atoms with Crippen molar-refractivity contribution >= 4 is 28.9 Å². The molecule has 2 aromatic carbocycles. The fraction of sp³-hybridized carbons (Fsp3) is 0.200. The zero-order valence-corrected chi connectivity index (χ0v) is 15.7. The second kappa shape index (κ2) is 8.06. The molecule has 0 fully saturated rings. The first kappa shape index (κ1) is 18.0. The highest BCUT2D eigenvalue weighted by Crippen LogP contribution is 2.29. The summed E-state index contributed by atoms with van der Waals surface area (Å²) in [5.74, 6) is 2.73. The zero-order chi connectivity index (χ0) is 18.5. The molecule has 1 heterocycles. The van der Waals surface area contributed by atoms with Gasteiger partial charge in [0, 0.05) is 23.4 Å². The van der Waals surface area contributed by atoms with Crippen LogP contribution in [0.3, 0.4) is 0 Å². The first-order valence-corrected chi connectivity index (χ1v) is 8.74. The minimum atomic E-state index is 0.261. The van der Waals surface area contributed by atoms with Crippen LogP contribution in [0.4, 0.5) is 17.3 Å². The lowest BCUT2D eigenvalue weighted by atomic mass is 10.2. The Morgan fingerprint density at radius 3 is 2.35 bits per heavy atom. The number of hydrogen-bond acceptors (Lipinski definition) is 5. The largest absolute Gasteiger partial charge is 0.495 e. The lowest BCUT2D eigenvalue weighted by Crippen LogP contribution is -2.12. The van der Waals surface area contributed by atoms with Crippen molar-refractivity contribution in [1.82, 2.24) is 9.97 Å². The van der Waals surface area contributed by atoms with Crippen LogP contribution in [0.25, 0.3) is 11.4 Å². The Balaban J connectivity index is 1.96. The molecule has 0 spiro atoms. The Hall–Kier alpha value is -2.79. The van der Waals surface area contributed by atoms with Gasteiger partial charge in [0.1, 0.15) is 17.4 Å². The molecule has 0 aliphatic heterocycles. The van der Waals surface area contributed by atoms with Gasteiger partial charge in [0.05, 0.1) is 12.1 Å². The summed E-state index contributed by atoms with van der Waals surface area (Å²) in [6.45, 7) is 4.14. The Morgan fingerprint density at radius 1 is 0.962 bits per heavy atom. The molecule has 0 aliphatic carbocycles. The van der Waals surface area contributed by atoms with Crippen LogP contribution in [0.5, 0.6) is 5.75 Å². The van der Waals surface area contributed by atoms with E-state index >= 15 is 0 Å². The summed E-state index contributed by atoms with van der Waals surface area (Å²) in [5.41, 5.74) is 1.78. The molecule has 3 aromatic rings. The van der Waals surface area contributed by atoms with Gasteiger partial charge in [-0.1, -0.05) is 41.9 Å². The molecule has 0 bridgehead atoms. The van der Waals surface area contributed by atoms with Gasteiger partial charge in [-0.3, -0.25) is 0 Å². The van der Waals surface area contributed by atoms with E-state index in [1.165, 1.54) is 0 Å². The van der Waals surface area contributed by atoms with E-state index in [0.717, 1.165) is 17.1 Å². The lowest BCUT2D eigenvalue weighted by molar-refractivity contribution is 0.415. The summed E-state index contributed by atoms with van der Waals surface area (Å²) < 4.78 is 5.19. The molecule has 0 atom stereocenters. The fourth-order valence-electron chi connectivity index (χ4n) is 2.49. The number of rotatable bonds is 6. The number of aromatic nitrogens is 2. The molecule has 3 rings (SSSR count). The molecule has 0 unspecified atom stereocenters. The summed E-state index contributed by atoms with van der Waals surface area (Å²) in [6.07, 6.45) is 0. The number of benzene rings is 2. The van der Waals surface area contributed by atoms with Crippen molar-refractivity contribution < 1.29 is 4.74 Å². The summed E-state index contributed by atoms with van der Waals surface area (Å²) in [7, 11) is 1.59. The predicted octanol–water partition coefficient (Wildman–Crippen LogP) is 5.37. The number of halogens is 1. The molecule has 26 heavy (non-hydrogen) atoms. The molecule has 6 heteroatoms. The highest BCUT2D eigenvalue weighted by Gasteiger charge is 2.09. The minimum Gasteiger partial charge on any atom is -0.495 e. The second-order valence-electron chi connectivity index (χ2n) is 6.10. The van der Waals surface area contributed by atoms with Gasteiger partial charge in [-0.2, -0.15) is 0 Å². The molecule has 1 aromatic heterocycles. The maximum Gasteiger partial charge on any atom is 0.163 e. The number of anilines is 3. The Morgan fingerprint density at radius 2 is 1.69 bits per heavy atom. The second-order valence-corrected chi connectivity index (χ2v) is 6.51. The molecular formula is C20H21ClN4O.